The van der Waals surface area contributed by atoms with Crippen LogP contribution in [-0.4, -0.2) is 13.7 Å². The van der Waals surface area contributed by atoms with Gasteiger partial charge in [-0.05, 0) is 11.8 Å². The molecule has 0 radical (unpaired) electrons. The van der Waals surface area contributed by atoms with Crippen molar-refractivity contribution in [2.24, 2.45) is 5.41 Å². The van der Waals surface area contributed by atoms with Crippen LogP contribution in [0.25, 0.3) is 0 Å². The zero-order valence-electron chi connectivity index (χ0n) is 7.48. The van der Waals surface area contributed by atoms with Gasteiger partial charge in [0, 0.05) is 13.0 Å². The average molecular weight is 156 g/mol. The number of nitriles is 1. The summed E-state index contributed by atoms with van der Waals surface area (Å²) in [5, 5.41) is 8.35. The largest absolute Gasteiger partial charge is 0.305 e. The highest BCUT2D eigenvalue weighted by Crippen LogP contribution is 2.20. The van der Waals surface area contributed by atoms with Crippen LogP contribution in [0.15, 0.2) is 0 Å². The maximum atomic E-state index is 8.35. The van der Waals surface area contributed by atoms with Gasteiger partial charge in [-0.3, -0.25) is 0 Å². The summed E-state index contributed by atoms with van der Waals surface area (Å²) in [6.45, 7) is 5.00. The van der Waals surface area contributed by atoms with Crippen LogP contribution in [0.4, 0.5) is 0 Å². The van der Waals surface area contributed by atoms with E-state index < -0.39 is 0 Å². The molecule has 0 amide bonds. The third-order valence-electron chi connectivity index (χ3n) is 1.61. The first-order valence-corrected chi connectivity index (χ1v) is 3.75. The van der Waals surface area contributed by atoms with Gasteiger partial charge in [0.05, 0.1) is 13.2 Å². The first kappa shape index (κ1) is 10.4. The molecule has 0 aliphatic rings. The van der Waals surface area contributed by atoms with Crippen LogP contribution in [0.3, 0.4) is 0 Å². The van der Waals surface area contributed by atoms with Crippen LogP contribution >= 0.6 is 0 Å². The first-order valence-electron chi connectivity index (χ1n) is 3.75. The van der Waals surface area contributed by atoms with Gasteiger partial charge in [-0.2, -0.15) is 5.26 Å². The fourth-order valence-corrected chi connectivity index (χ4v) is 0.750. The van der Waals surface area contributed by atoms with Crippen LogP contribution in [0.2, 0.25) is 0 Å². The summed E-state index contributed by atoms with van der Waals surface area (Å²) in [4.78, 5) is 4.72. The molecule has 0 spiro atoms. The predicted octanol–water partition coefficient (Wildman–Crippen LogP) is 1.47. The predicted molar refractivity (Wildman–Crippen MR) is 43.6 cm³/mol. The summed E-state index contributed by atoms with van der Waals surface area (Å²) in [5.41, 5.74) is 2.93. The Labute approximate surface area is 68.3 Å². The molecule has 0 aromatic heterocycles. The molecule has 0 aliphatic heterocycles. The Hall–Kier alpha value is -0.590. The zero-order valence-corrected chi connectivity index (χ0v) is 7.48. The Kier molecular flexibility index (Phi) is 4.84. The van der Waals surface area contributed by atoms with Gasteiger partial charge in [0.2, 0.25) is 0 Å². The van der Waals surface area contributed by atoms with Crippen molar-refractivity contribution >= 4 is 0 Å². The second kappa shape index (κ2) is 5.11. The van der Waals surface area contributed by atoms with Gasteiger partial charge in [0.15, 0.2) is 0 Å². The van der Waals surface area contributed by atoms with E-state index in [2.05, 4.69) is 25.4 Å². The number of hydrogen-bond donors (Lipinski definition) is 1. The fraction of sp³-hybridized carbons (Fsp3) is 0.875. The van der Waals surface area contributed by atoms with Crippen molar-refractivity contribution in [2.75, 3.05) is 13.7 Å². The molecule has 0 heterocycles. The van der Waals surface area contributed by atoms with Crippen LogP contribution < -0.4 is 5.48 Å². The third-order valence-corrected chi connectivity index (χ3v) is 1.61. The average Bonchev–Trinajstić information content (AvgIpc) is 1.97. The number of rotatable bonds is 5. The van der Waals surface area contributed by atoms with E-state index in [1.807, 2.05) is 0 Å². The SMILES string of the molecule is CONCC(C)(C)CCC#N. The van der Waals surface area contributed by atoms with E-state index in [-0.39, 0.29) is 5.41 Å². The molecule has 64 valence electrons. The van der Waals surface area contributed by atoms with E-state index in [0.717, 1.165) is 13.0 Å². The molecule has 0 aromatic rings. The summed E-state index contributed by atoms with van der Waals surface area (Å²) in [6.07, 6.45) is 1.51. The lowest BCUT2D eigenvalue weighted by molar-refractivity contribution is 0.0626. The molecule has 11 heavy (non-hydrogen) atoms. The normalized spacial score (nSPS) is 11.1. The smallest absolute Gasteiger partial charge is 0.0621 e. The molecule has 3 heteroatoms. The monoisotopic (exact) mass is 156 g/mol. The van der Waals surface area contributed by atoms with Crippen LogP contribution in [0.5, 0.6) is 0 Å². The van der Waals surface area contributed by atoms with E-state index in [1.165, 1.54) is 0 Å². The molecule has 0 aromatic carbocycles. The van der Waals surface area contributed by atoms with E-state index in [1.54, 1.807) is 7.11 Å². The summed E-state index contributed by atoms with van der Waals surface area (Å²) in [6, 6.07) is 2.13. The minimum Gasteiger partial charge on any atom is -0.305 e. The highest BCUT2D eigenvalue weighted by molar-refractivity contribution is 4.77. The van der Waals surface area contributed by atoms with Crippen LogP contribution in [0, 0.1) is 16.7 Å². The molecule has 0 fully saturated rings. The minimum absolute atomic E-state index is 0.145. The van der Waals surface area contributed by atoms with Gasteiger partial charge in [0.25, 0.3) is 0 Å². The maximum absolute atomic E-state index is 8.35. The van der Waals surface area contributed by atoms with Crippen LogP contribution in [0.1, 0.15) is 26.7 Å². The molecule has 0 bridgehead atoms. The highest BCUT2D eigenvalue weighted by atomic mass is 16.6. The second-order valence-corrected chi connectivity index (χ2v) is 3.35. The van der Waals surface area contributed by atoms with Gasteiger partial charge < -0.3 is 4.84 Å². The molecule has 0 saturated heterocycles. The third kappa shape index (κ3) is 5.84. The Morgan fingerprint density at radius 3 is 2.64 bits per heavy atom. The Morgan fingerprint density at radius 1 is 1.55 bits per heavy atom. The summed E-state index contributed by atoms with van der Waals surface area (Å²) < 4.78 is 0. The maximum Gasteiger partial charge on any atom is 0.0621 e. The highest BCUT2D eigenvalue weighted by Gasteiger charge is 2.16. The van der Waals surface area contributed by atoms with Gasteiger partial charge in [-0.15, -0.1) is 0 Å². The zero-order chi connectivity index (χ0) is 8.74. The van der Waals surface area contributed by atoms with E-state index in [9.17, 15) is 0 Å². The number of hydrogen-bond acceptors (Lipinski definition) is 3. The Balaban J connectivity index is 3.54. The van der Waals surface area contributed by atoms with Crippen molar-refractivity contribution in [3.05, 3.63) is 0 Å². The molecule has 1 N–H and O–H groups in total. The molecular weight excluding hydrogens is 140 g/mol. The molecule has 0 atom stereocenters. The lowest BCUT2D eigenvalue weighted by Crippen LogP contribution is -2.28. The van der Waals surface area contributed by atoms with Crippen molar-refractivity contribution in [2.45, 2.75) is 26.7 Å². The van der Waals surface area contributed by atoms with Crippen molar-refractivity contribution in [1.82, 2.24) is 5.48 Å². The second-order valence-electron chi connectivity index (χ2n) is 3.35. The van der Waals surface area contributed by atoms with E-state index >= 15 is 0 Å². The van der Waals surface area contributed by atoms with Gasteiger partial charge in [-0.25, -0.2) is 5.48 Å². The molecule has 0 unspecified atom stereocenters. The van der Waals surface area contributed by atoms with Crippen molar-refractivity contribution in [1.29, 1.82) is 5.26 Å². The Morgan fingerprint density at radius 2 is 2.18 bits per heavy atom. The van der Waals surface area contributed by atoms with Gasteiger partial charge in [-0.1, -0.05) is 13.8 Å². The lowest BCUT2D eigenvalue weighted by atomic mass is 9.88. The topological polar surface area (TPSA) is 45.0 Å². The van der Waals surface area contributed by atoms with Crippen LogP contribution in [-0.2, 0) is 4.84 Å². The van der Waals surface area contributed by atoms with Crippen molar-refractivity contribution in [3.63, 3.8) is 0 Å². The summed E-state index contributed by atoms with van der Waals surface area (Å²) >= 11 is 0. The molecule has 3 nitrogen and oxygen atoms in total. The quantitative estimate of drug-likeness (QED) is 0.613. The lowest BCUT2D eigenvalue weighted by Gasteiger charge is -2.22. The number of nitrogens with zero attached hydrogens (tertiary/aromatic N) is 1. The number of hydroxylamine groups is 1. The summed E-state index contributed by atoms with van der Waals surface area (Å²) in [5.74, 6) is 0. The van der Waals surface area contributed by atoms with E-state index in [0.29, 0.717) is 6.42 Å². The molecular formula is C8H16N2O. The van der Waals surface area contributed by atoms with Gasteiger partial charge in [0.1, 0.15) is 0 Å². The van der Waals surface area contributed by atoms with Crippen molar-refractivity contribution in [3.8, 4) is 6.07 Å². The molecule has 0 saturated carbocycles. The summed E-state index contributed by atoms with van der Waals surface area (Å²) in [7, 11) is 1.60. The standard InChI is InChI=1S/C8H16N2O/c1-8(2,5-4-6-9)7-10-11-3/h10H,4-5,7H2,1-3H3. The first-order chi connectivity index (χ1) is 5.12. The minimum atomic E-state index is 0.145. The molecule has 0 aliphatic carbocycles. The van der Waals surface area contributed by atoms with Crippen molar-refractivity contribution < 1.29 is 4.84 Å². The fourth-order valence-electron chi connectivity index (χ4n) is 0.750. The Bertz CT molecular complexity index is 138. The number of nitrogens with one attached hydrogen (secondary N) is 1. The van der Waals surface area contributed by atoms with Gasteiger partial charge >= 0.3 is 0 Å². The molecule has 0 rings (SSSR count). The van der Waals surface area contributed by atoms with E-state index in [4.69, 9.17) is 10.1 Å².